The second-order valence-electron chi connectivity index (χ2n) is 9.14. The molecule has 0 aliphatic rings. The highest BCUT2D eigenvalue weighted by Gasteiger charge is 2.20. The van der Waals surface area contributed by atoms with Crippen molar-refractivity contribution in [2.45, 2.75) is 25.7 Å². The van der Waals surface area contributed by atoms with E-state index in [0.717, 1.165) is 22.7 Å². The summed E-state index contributed by atoms with van der Waals surface area (Å²) in [6, 6.07) is 15.7. The number of carbonyl (C=O) groups excluding carboxylic acids is 2. The van der Waals surface area contributed by atoms with E-state index in [4.69, 9.17) is 10.2 Å². The maximum atomic E-state index is 15.4. The number of ketones is 2. The standard InChI is InChI=1S/C30H20F2O6S2/c31-21-9-15-11-27(23(33)5-7-29(35)36)39-25(15)13-19(21)17-3-1-2-4-18(17)20-14-26-16(10-22(20)32)12-28(40-26)24(34)6-8-30(37)38/h1-4,9-14H,5-8H2,(H,35,36)(H,37,38). The van der Waals surface area contributed by atoms with E-state index in [9.17, 15) is 19.2 Å². The molecule has 0 bridgehead atoms. The highest BCUT2D eigenvalue weighted by Crippen LogP contribution is 2.40. The third kappa shape index (κ3) is 5.54. The summed E-state index contributed by atoms with van der Waals surface area (Å²) in [7, 11) is 0. The molecule has 40 heavy (non-hydrogen) atoms. The Morgan fingerprint density at radius 1 is 0.575 bits per heavy atom. The van der Waals surface area contributed by atoms with E-state index in [1.807, 2.05) is 0 Å². The van der Waals surface area contributed by atoms with Crippen molar-refractivity contribution < 1.29 is 38.2 Å². The van der Waals surface area contributed by atoms with Gasteiger partial charge in [-0.3, -0.25) is 19.2 Å². The summed E-state index contributed by atoms with van der Waals surface area (Å²) in [5.74, 6) is -3.95. The van der Waals surface area contributed by atoms with Gasteiger partial charge in [0, 0.05) is 33.4 Å². The van der Waals surface area contributed by atoms with Crippen molar-refractivity contribution in [2.24, 2.45) is 0 Å². The van der Waals surface area contributed by atoms with Gasteiger partial charge in [0.2, 0.25) is 0 Å². The van der Waals surface area contributed by atoms with Crippen LogP contribution in [0.3, 0.4) is 0 Å². The number of carboxylic acids is 2. The smallest absolute Gasteiger partial charge is 0.303 e. The third-order valence-electron chi connectivity index (χ3n) is 6.40. The van der Waals surface area contributed by atoms with Crippen LogP contribution in [0.4, 0.5) is 8.78 Å². The van der Waals surface area contributed by atoms with Crippen LogP contribution in [-0.4, -0.2) is 33.7 Å². The lowest BCUT2D eigenvalue weighted by atomic mass is 9.93. The van der Waals surface area contributed by atoms with Gasteiger partial charge in [-0.2, -0.15) is 0 Å². The summed E-state index contributed by atoms with van der Waals surface area (Å²) in [5, 5.41) is 18.7. The fourth-order valence-corrected chi connectivity index (χ4v) is 6.55. The third-order valence-corrected chi connectivity index (χ3v) is 8.68. The number of rotatable bonds is 10. The van der Waals surface area contributed by atoms with Crippen molar-refractivity contribution in [2.75, 3.05) is 0 Å². The molecule has 0 amide bonds. The van der Waals surface area contributed by atoms with Gasteiger partial charge in [-0.05, 0) is 58.3 Å². The lowest BCUT2D eigenvalue weighted by Crippen LogP contribution is -2.01. The molecule has 0 spiro atoms. The van der Waals surface area contributed by atoms with Crippen molar-refractivity contribution in [3.63, 3.8) is 0 Å². The summed E-state index contributed by atoms with van der Waals surface area (Å²) in [4.78, 5) is 47.1. The minimum Gasteiger partial charge on any atom is -0.481 e. The van der Waals surface area contributed by atoms with Crippen molar-refractivity contribution in [3.05, 3.63) is 82.1 Å². The minimum atomic E-state index is -1.08. The quantitative estimate of drug-likeness (QED) is 0.164. The summed E-state index contributed by atoms with van der Waals surface area (Å²) >= 11 is 2.28. The Kier molecular flexibility index (Phi) is 7.55. The van der Waals surface area contributed by atoms with Crippen molar-refractivity contribution in [3.8, 4) is 22.3 Å². The number of carboxylic acid groups (broad SMARTS) is 2. The van der Waals surface area contributed by atoms with Crippen LogP contribution in [0.5, 0.6) is 0 Å². The summed E-state index contributed by atoms with van der Waals surface area (Å²) in [6.45, 7) is 0. The number of carbonyl (C=O) groups is 4. The Hall–Kier alpha value is -4.28. The van der Waals surface area contributed by atoms with Crippen molar-refractivity contribution >= 4 is 66.4 Å². The first-order valence-electron chi connectivity index (χ1n) is 12.2. The second-order valence-corrected chi connectivity index (χ2v) is 11.3. The molecule has 5 rings (SSSR count). The number of hydrogen-bond acceptors (Lipinski definition) is 6. The number of Topliss-reactive ketones (excluding diaryl/α,β-unsaturated/α-hetero) is 2. The van der Waals surface area contributed by atoms with Gasteiger partial charge in [-0.1, -0.05) is 24.3 Å². The molecular weight excluding hydrogens is 558 g/mol. The highest BCUT2D eigenvalue weighted by atomic mass is 32.1. The zero-order chi connectivity index (χ0) is 28.6. The maximum absolute atomic E-state index is 15.4. The Morgan fingerprint density at radius 2 is 0.975 bits per heavy atom. The molecule has 0 unspecified atom stereocenters. The van der Waals surface area contributed by atoms with Gasteiger partial charge in [0.15, 0.2) is 11.6 Å². The number of aliphatic carboxylic acids is 2. The first-order valence-corrected chi connectivity index (χ1v) is 13.8. The summed E-state index contributed by atoms with van der Waals surface area (Å²) in [5.41, 5.74) is 1.29. The lowest BCUT2D eigenvalue weighted by molar-refractivity contribution is -0.137. The molecule has 0 aliphatic carbocycles. The van der Waals surface area contributed by atoms with Crippen LogP contribution in [0.15, 0.2) is 60.7 Å². The Bertz CT molecular complexity index is 1700. The van der Waals surface area contributed by atoms with Gasteiger partial charge in [0.05, 0.1) is 22.6 Å². The van der Waals surface area contributed by atoms with Crippen LogP contribution in [0, 0.1) is 11.6 Å². The lowest BCUT2D eigenvalue weighted by Gasteiger charge is -2.12. The van der Waals surface area contributed by atoms with Gasteiger partial charge < -0.3 is 10.2 Å². The van der Waals surface area contributed by atoms with E-state index >= 15 is 8.78 Å². The summed E-state index contributed by atoms with van der Waals surface area (Å²) in [6.07, 6.45) is -0.897. The van der Waals surface area contributed by atoms with E-state index in [1.165, 1.54) is 12.1 Å². The van der Waals surface area contributed by atoms with E-state index in [0.29, 0.717) is 41.1 Å². The zero-order valence-corrected chi connectivity index (χ0v) is 22.3. The predicted octanol–water partition coefficient (Wildman–Crippen LogP) is 7.82. The first kappa shape index (κ1) is 27.3. The van der Waals surface area contributed by atoms with E-state index in [-0.39, 0.29) is 48.4 Å². The zero-order valence-electron chi connectivity index (χ0n) is 20.7. The molecule has 202 valence electrons. The number of fused-ring (bicyclic) bond motifs is 2. The van der Waals surface area contributed by atoms with Gasteiger partial charge in [-0.25, -0.2) is 8.78 Å². The van der Waals surface area contributed by atoms with E-state index < -0.39 is 23.6 Å². The molecule has 3 aromatic carbocycles. The van der Waals surface area contributed by atoms with Gasteiger partial charge in [0.25, 0.3) is 0 Å². The van der Waals surface area contributed by atoms with Crippen molar-refractivity contribution in [1.82, 2.24) is 0 Å². The molecule has 2 N–H and O–H groups in total. The molecular formula is C30H20F2O6S2. The second kappa shape index (κ2) is 11.1. The van der Waals surface area contributed by atoms with Crippen LogP contribution in [-0.2, 0) is 9.59 Å². The van der Waals surface area contributed by atoms with Gasteiger partial charge in [-0.15, -0.1) is 22.7 Å². The predicted molar refractivity (Wildman–Crippen MR) is 150 cm³/mol. The molecule has 2 aromatic heterocycles. The minimum absolute atomic E-state index is 0.155. The molecule has 10 heteroatoms. The summed E-state index contributed by atoms with van der Waals surface area (Å²) < 4.78 is 32.1. The first-order chi connectivity index (χ1) is 19.1. The molecule has 0 saturated carbocycles. The largest absolute Gasteiger partial charge is 0.481 e. The SMILES string of the molecule is O=C(O)CCC(=O)c1cc2cc(F)c(-c3ccccc3-c3cc4sc(C(=O)CCC(=O)O)cc4cc3F)cc2s1. The fraction of sp³-hybridized carbons (Fsp3) is 0.133. The van der Waals surface area contributed by atoms with Crippen LogP contribution >= 0.6 is 22.7 Å². The molecule has 6 nitrogen and oxygen atoms in total. The molecule has 0 saturated heterocycles. The van der Waals surface area contributed by atoms with Crippen molar-refractivity contribution in [1.29, 1.82) is 0 Å². The molecule has 0 aliphatic heterocycles. The molecule has 5 aromatic rings. The monoisotopic (exact) mass is 578 g/mol. The normalized spacial score (nSPS) is 11.2. The van der Waals surface area contributed by atoms with Crippen LogP contribution < -0.4 is 0 Å². The molecule has 2 heterocycles. The number of halogens is 2. The van der Waals surface area contributed by atoms with Crippen LogP contribution in [0.25, 0.3) is 42.4 Å². The van der Waals surface area contributed by atoms with Gasteiger partial charge in [0.1, 0.15) is 11.6 Å². The van der Waals surface area contributed by atoms with Crippen LogP contribution in [0.2, 0.25) is 0 Å². The van der Waals surface area contributed by atoms with E-state index in [2.05, 4.69) is 0 Å². The number of hydrogen-bond donors (Lipinski definition) is 2. The highest BCUT2D eigenvalue weighted by molar-refractivity contribution is 7.21. The molecule has 0 fully saturated rings. The molecule has 0 radical (unpaired) electrons. The number of benzene rings is 3. The average Bonchev–Trinajstić information content (AvgIpc) is 3.53. The fourth-order valence-electron chi connectivity index (χ4n) is 4.45. The maximum Gasteiger partial charge on any atom is 0.303 e. The average molecular weight is 579 g/mol. The number of thiophene rings is 2. The Morgan fingerprint density at radius 3 is 1.35 bits per heavy atom. The Labute approximate surface area is 234 Å². The topological polar surface area (TPSA) is 109 Å². The van der Waals surface area contributed by atoms with E-state index in [1.54, 1.807) is 48.5 Å². The molecule has 0 atom stereocenters. The van der Waals surface area contributed by atoms with Crippen LogP contribution in [0.1, 0.15) is 45.0 Å². The van der Waals surface area contributed by atoms with Gasteiger partial charge >= 0.3 is 11.9 Å². The Balaban J connectivity index is 1.54.